The van der Waals surface area contributed by atoms with Gasteiger partial charge in [-0.15, -0.1) is 12.4 Å². The zero-order valence-corrected chi connectivity index (χ0v) is 17.1. The fourth-order valence-corrected chi connectivity index (χ4v) is 4.59. The Morgan fingerprint density at radius 1 is 1.23 bits per heavy atom. The van der Waals surface area contributed by atoms with Crippen LogP contribution in [0.5, 0.6) is 0 Å². The first-order chi connectivity index (χ1) is 11.8. The van der Waals surface area contributed by atoms with Crippen LogP contribution < -0.4 is 11.1 Å². The molecule has 1 amide bonds. The maximum Gasteiger partial charge on any atom is 0.243 e. The number of amides is 1. The number of nitrogens with one attached hydrogen (secondary N) is 1. The van der Waals surface area contributed by atoms with Gasteiger partial charge in [-0.1, -0.05) is 32.4 Å². The van der Waals surface area contributed by atoms with Crippen LogP contribution in [0.1, 0.15) is 45.1 Å². The number of rotatable bonds is 7. The Kier molecular flexibility index (Phi) is 9.03. The minimum atomic E-state index is -3.46. The van der Waals surface area contributed by atoms with Gasteiger partial charge in [-0.3, -0.25) is 4.79 Å². The average Bonchev–Trinajstić information content (AvgIpc) is 2.60. The molecule has 1 aromatic rings. The first-order valence-corrected chi connectivity index (χ1v) is 10.4. The Hall–Kier alpha value is -1.15. The fourth-order valence-electron chi connectivity index (χ4n) is 3.01. The normalized spacial score (nSPS) is 16.8. The van der Waals surface area contributed by atoms with E-state index in [9.17, 15) is 13.2 Å². The largest absolute Gasteiger partial charge is 0.351 e. The molecular weight excluding hydrogens is 374 g/mol. The van der Waals surface area contributed by atoms with Crippen LogP contribution in [-0.2, 0) is 21.4 Å². The predicted octanol–water partition coefficient (Wildman–Crippen LogP) is 2.27. The number of benzene rings is 1. The van der Waals surface area contributed by atoms with Crippen LogP contribution in [-0.4, -0.2) is 37.8 Å². The highest BCUT2D eigenvalue weighted by atomic mass is 35.5. The van der Waals surface area contributed by atoms with Crippen LogP contribution in [0.4, 0.5) is 0 Å². The fraction of sp³-hybridized carbons (Fsp3) is 0.611. The molecule has 0 unspecified atom stereocenters. The Labute approximate surface area is 163 Å². The third-order valence-electron chi connectivity index (χ3n) is 4.38. The Balaban J connectivity index is 0.00000338. The summed E-state index contributed by atoms with van der Waals surface area (Å²) in [6.07, 6.45) is 3.51. The van der Waals surface area contributed by atoms with Gasteiger partial charge < -0.3 is 11.1 Å². The van der Waals surface area contributed by atoms with E-state index >= 15 is 0 Å². The van der Waals surface area contributed by atoms with Crippen molar-refractivity contribution in [2.24, 2.45) is 11.7 Å². The summed E-state index contributed by atoms with van der Waals surface area (Å²) in [7, 11) is -3.46. The number of carbonyl (C=O) groups is 1. The second kappa shape index (κ2) is 10.3. The molecule has 26 heavy (non-hydrogen) atoms. The molecule has 1 heterocycles. The van der Waals surface area contributed by atoms with Crippen molar-refractivity contribution < 1.29 is 13.2 Å². The molecule has 6 nitrogen and oxygen atoms in total. The Bertz CT molecular complexity index is 689. The number of piperidine rings is 1. The molecule has 0 radical (unpaired) electrons. The molecule has 0 aliphatic carbocycles. The number of halogens is 1. The summed E-state index contributed by atoms with van der Waals surface area (Å²) in [6.45, 7) is 5.46. The highest BCUT2D eigenvalue weighted by Crippen LogP contribution is 2.21. The summed E-state index contributed by atoms with van der Waals surface area (Å²) >= 11 is 0. The first-order valence-electron chi connectivity index (χ1n) is 8.93. The molecule has 0 aromatic heterocycles. The number of hydrogen-bond donors (Lipinski definition) is 2. The van der Waals surface area contributed by atoms with Crippen molar-refractivity contribution in [1.29, 1.82) is 0 Å². The van der Waals surface area contributed by atoms with Crippen LogP contribution in [0.15, 0.2) is 29.2 Å². The minimum Gasteiger partial charge on any atom is -0.351 e. The predicted molar refractivity (Wildman–Crippen MR) is 106 cm³/mol. The van der Waals surface area contributed by atoms with Gasteiger partial charge in [0.05, 0.1) is 10.9 Å². The van der Waals surface area contributed by atoms with Gasteiger partial charge in [0.25, 0.3) is 0 Å². The maximum absolute atomic E-state index is 12.7. The molecule has 1 aliphatic rings. The molecule has 0 saturated carbocycles. The molecule has 1 saturated heterocycles. The van der Waals surface area contributed by atoms with Crippen molar-refractivity contribution >= 4 is 28.3 Å². The Morgan fingerprint density at radius 2 is 1.88 bits per heavy atom. The van der Waals surface area contributed by atoms with E-state index in [4.69, 9.17) is 5.73 Å². The Morgan fingerprint density at radius 3 is 2.50 bits per heavy atom. The second-order valence-corrected chi connectivity index (χ2v) is 9.00. The average molecular weight is 404 g/mol. The lowest BCUT2D eigenvalue weighted by molar-refractivity contribution is -0.122. The summed E-state index contributed by atoms with van der Waals surface area (Å²) in [5, 5.41) is 2.79. The maximum atomic E-state index is 12.7. The topological polar surface area (TPSA) is 92.5 Å². The highest BCUT2D eigenvalue weighted by Gasteiger charge is 2.26. The first kappa shape index (κ1) is 22.9. The summed E-state index contributed by atoms with van der Waals surface area (Å²) < 4.78 is 27.0. The van der Waals surface area contributed by atoms with E-state index in [1.54, 1.807) is 22.5 Å². The number of sulfonamides is 1. The summed E-state index contributed by atoms with van der Waals surface area (Å²) in [5.74, 6) is 0.136. The smallest absolute Gasteiger partial charge is 0.243 e. The zero-order valence-electron chi connectivity index (χ0n) is 15.5. The van der Waals surface area contributed by atoms with Crippen LogP contribution in [0.3, 0.4) is 0 Å². The van der Waals surface area contributed by atoms with E-state index in [-0.39, 0.29) is 29.8 Å². The molecule has 1 aliphatic heterocycles. The van der Waals surface area contributed by atoms with Crippen molar-refractivity contribution in [1.82, 2.24) is 9.62 Å². The van der Waals surface area contributed by atoms with Crippen molar-refractivity contribution in [3.63, 3.8) is 0 Å². The number of carbonyl (C=O) groups excluding carboxylic acids is 1. The van der Waals surface area contributed by atoms with E-state index < -0.39 is 16.1 Å². The van der Waals surface area contributed by atoms with E-state index in [0.717, 1.165) is 24.8 Å². The lowest BCUT2D eigenvalue weighted by Gasteiger charge is -2.26. The van der Waals surface area contributed by atoms with Crippen LogP contribution >= 0.6 is 12.4 Å². The minimum absolute atomic E-state index is 0. The van der Waals surface area contributed by atoms with Gasteiger partial charge in [-0.25, -0.2) is 8.42 Å². The lowest BCUT2D eigenvalue weighted by Crippen LogP contribution is -2.41. The molecule has 3 N–H and O–H groups in total. The number of nitrogens with zero attached hydrogens (tertiary/aromatic N) is 1. The van der Waals surface area contributed by atoms with Crippen molar-refractivity contribution in [2.45, 2.75) is 57.0 Å². The quantitative estimate of drug-likeness (QED) is 0.730. The van der Waals surface area contributed by atoms with Crippen LogP contribution in [0, 0.1) is 5.92 Å². The monoisotopic (exact) mass is 403 g/mol. The molecule has 2 rings (SSSR count). The molecular formula is C18H30ClN3O3S. The number of nitrogens with two attached hydrogens (primary N) is 1. The molecule has 1 fully saturated rings. The van der Waals surface area contributed by atoms with Gasteiger partial charge in [-0.05, 0) is 42.9 Å². The highest BCUT2D eigenvalue weighted by molar-refractivity contribution is 7.89. The summed E-state index contributed by atoms with van der Waals surface area (Å²) in [5.41, 5.74) is 6.62. The lowest BCUT2D eigenvalue weighted by atomic mass is 10.0. The summed E-state index contributed by atoms with van der Waals surface area (Å²) in [6, 6.07) is 6.23. The second-order valence-electron chi connectivity index (χ2n) is 7.07. The van der Waals surface area contributed by atoms with Gasteiger partial charge in [0.1, 0.15) is 0 Å². The molecule has 1 atom stereocenters. The third kappa shape index (κ3) is 6.23. The van der Waals surface area contributed by atoms with E-state index in [2.05, 4.69) is 5.32 Å². The van der Waals surface area contributed by atoms with Gasteiger partial charge >= 0.3 is 0 Å². The molecule has 0 spiro atoms. The van der Waals surface area contributed by atoms with Crippen molar-refractivity contribution in [3.05, 3.63) is 29.8 Å². The molecule has 0 bridgehead atoms. The van der Waals surface area contributed by atoms with Gasteiger partial charge in [0.15, 0.2) is 0 Å². The molecule has 148 valence electrons. The standard InChI is InChI=1S/C18H29N3O3S.ClH/c1-14(2)11-17(19)18(22)20-13-15-7-6-8-16(12-15)25(23,24)21-9-4-3-5-10-21;/h6-8,12,14,17H,3-5,9-11,13,19H2,1-2H3,(H,20,22);1H/t17-;/m0./s1. The summed E-state index contributed by atoms with van der Waals surface area (Å²) in [4.78, 5) is 12.3. The van der Waals surface area contributed by atoms with E-state index in [0.29, 0.717) is 25.4 Å². The van der Waals surface area contributed by atoms with E-state index in [1.165, 1.54) is 0 Å². The molecule has 1 aromatic carbocycles. The van der Waals surface area contributed by atoms with Gasteiger partial charge in [0, 0.05) is 19.6 Å². The van der Waals surface area contributed by atoms with Gasteiger partial charge in [0.2, 0.25) is 15.9 Å². The third-order valence-corrected chi connectivity index (χ3v) is 6.27. The zero-order chi connectivity index (χ0) is 18.4. The van der Waals surface area contributed by atoms with E-state index in [1.807, 2.05) is 19.9 Å². The van der Waals surface area contributed by atoms with Crippen LogP contribution in [0.2, 0.25) is 0 Å². The van der Waals surface area contributed by atoms with Crippen molar-refractivity contribution in [2.75, 3.05) is 13.1 Å². The van der Waals surface area contributed by atoms with Crippen LogP contribution in [0.25, 0.3) is 0 Å². The molecule has 8 heteroatoms. The van der Waals surface area contributed by atoms with Gasteiger partial charge in [-0.2, -0.15) is 4.31 Å². The van der Waals surface area contributed by atoms with Crippen molar-refractivity contribution in [3.8, 4) is 0 Å². The SMILES string of the molecule is CC(C)C[C@H](N)C(=O)NCc1cccc(S(=O)(=O)N2CCCCC2)c1.Cl. The number of hydrogen-bond acceptors (Lipinski definition) is 4.